The number of unbranched alkanes of at least 4 members (excludes halogenated alkanes) is 1. The Hall–Kier alpha value is -2.63. The molecular formula is C18H25N5O. The highest BCUT2D eigenvalue weighted by Gasteiger charge is 2.10. The van der Waals surface area contributed by atoms with Gasteiger partial charge >= 0.3 is 0 Å². The van der Waals surface area contributed by atoms with Gasteiger partial charge in [0.1, 0.15) is 11.5 Å². The van der Waals surface area contributed by atoms with E-state index in [0.717, 1.165) is 36.6 Å². The molecule has 0 saturated heterocycles. The average molecular weight is 327 g/mol. The molecule has 6 heteroatoms. The fraction of sp³-hybridized carbons (Fsp3) is 0.389. The molecule has 1 aromatic heterocycles. The van der Waals surface area contributed by atoms with Crippen molar-refractivity contribution in [3.8, 4) is 0 Å². The molecule has 0 fully saturated rings. The largest absolute Gasteiger partial charge is 0.378 e. The zero-order valence-corrected chi connectivity index (χ0v) is 14.8. The van der Waals surface area contributed by atoms with E-state index in [2.05, 4.69) is 22.2 Å². The SMILES string of the molecule is CCCCN(C)c1cnc(C(=O)Nc2ccc(N(C)C)cc2)cn1. The topological polar surface area (TPSA) is 61.4 Å². The van der Waals surface area contributed by atoms with Gasteiger partial charge in [0.05, 0.1) is 12.4 Å². The normalized spacial score (nSPS) is 10.3. The van der Waals surface area contributed by atoms with Gasteiger partial charge in [0.25, 0.3) is 5.91 Å². The molecule has 0 radical (unpaired) electrons. The van der Waals surface area contributed by atoms with E-state index < -0.39 is 0 Å². The van der Waals surface area contributed by atoms with Crippen molar-refractivity contribution in [2.75, 3.05) is 42.8 Å². The fourth-order valence-corrected chi connectivity index (χ4v) is 2.18. The number of rotatable bonds is 7. The number of amides is 1. The van der Waals surface area contributed by atoms with Crippen molar-refractivity contribution < 1.29 is 4.79 Å². The van der Waals surface area contributed by atoms with Crippen LogP contribution >= 0.6 is 0 Å². The third-order valence-electron chi connectivity index (χ3n) is 3.75. The molecule has 1 N–H and O–H groups in total. The van der Waals surface area contributed by atoms with Crippen LogP contribution in [0.15, 0.2) is 36.7 Å². The Morgan fingerprint density at radius 2 is 1.79 bits per heavy atom. The average Bonchev–Trinajstić information content (AvgIpc) is 2.60. The molecule has 0 unspecified atom stereocenters. The van der Waals surface area contributed by atoms with Crippen molar-refractivity contribution in [2.45, 2.75) is 19.8 Å². The van der Waals surface area contributed by atoms with Crippen LogP contribution in [0.3, 0.4) is 0 Å². The second kappa shape index (κ2) is 8.29. The molecule has 0 bridgehead atoms. The van der Waals surface area contributed by atoms with Crippen LogP contribution in [0.5, 0.6) is 0 Å². The van der Waals surface area contributed by atoms with Crippen LogP contribution in [0.25, 0.3) is 0 Å². The number of nitrogens with one attached hydrogen (secondary N) is 1. The molecule has 24 heavy (non-hydrogen) atoms. The number of nitrogens with zero attached hydrogens (tertiary/aromatic N) is 4. The molecule has 2 aromatic rings. The Bertz CT molecular complexity index is 652. The summed E-state index contributed by atoms with van der Waals surface area (Å²) in [6.45, 7) is 3.08. The molecule has 6 nitrogen and oxygen atoms in total. The van der Waals surface area contributed by atoms with E-state index in [1.165, 1.54) is 6.20 Å². The first-order valence-corrected chi connectivity index (χ1v) is 8.13. The summed E-state index contributed by atoms with van der Waals surface area (Å²) in [6.07, 6.45) is 5.38. The monoisotopic (exact) mass is 327 g/mol. The minimum absolute atomic E-state index is 0.261. The zero-order chi connectivity index (χ0) is 17.5. The summed E-state index contributed by atoms with van der Waals surface area (Å²) in [5.74, 6) is 0.512. The third kappa shape index (κ3) is 4.68. The van der Waals surface area contributed by atoms with Crippen molar-refractivity contribution in [1.82, 2.24) is 9.97 Å². The summed E-state index contributed by atoms with van der Waals surface area (Å²) >= 11 is 0. The summed E-state index contributed by atoms with van der Waals surface area (Å²) in [5.41, 5.74) is 2.11. The van der Waals surface area contributed by atoms with Gasteiger partial charge in [-0.2, -0.15) is 0 Å². The maximum absolute atomic E-state index is 12.2. The van der Waals surface area contributed by atoms with Gasteiger partial charge in [-0.25, -0.2) is 9.97 Å². The van der Waals surface area contributed by atoms with E-state index in [1.54, 1.807) is 6.20 Å². The van der Waals surface area contributed by atoms with Crippen molar-refractivity contribution >= 4 is 23.1 Å². The van der Waals surface area contributed by atoms with Gasteiger partial charge in [0.2, 0.25) is 0 Å². The number of hydrogen-bond acceptors (Lipinski definition) is 5. The van der Waals surface area contributed by atoms with Gasteiger partial charge in [0.15, 0.2) is 0 Å². The summed E-state index contributed by atoms with van der Waals surface area (Å²) in [4.78, 5) is 24.8. The molecule has 1 heterocycles. The van der Waals surface area contributed by atoms with E-state index in [4.69, 9.17) is 0 Å². The van der Waals surface area contributed by atoms with Crippen molar-refractivity contribution in [3.63, 3.8) is 0 Å². The lowest BCUT2D eigenvalue weighted by molar-refractivity contribution is 0.102. The van der Waals surface area contributed by atoms with E-state index in [1.807, 2.05) is 55.2 Å². The molecule has 128 valence electrons. The van der Waals surface area contributed by atoms with Gasteiger partial charge in [-0.1, -0.05) is 13.3 Å². The second-order valence-corrected chi connectivity index (χ2v) is 5.93. The van der Waals surface area contributed by atoms with E-state index >= 15 is 0 Å². The minimum Gasteiger partial charge on any atom is -0.378 e. The third-order valence-corrected chi connectivity index (χ3v) is 3.75. The fourth-order valence-electron chi connectivity index (χ4n) is 2.18. The Balaban J connectivity index is 1.99. The number of benzene rings is 1. The molecule has 1 aromatic carbocycles. The summed E-state index contributed by atoms with van der Waals surface area (Å²) < 4.78 is 0. The predicted molar refractivity (Wildman–Crippen MR) is 98.9 cm³/mol. The molecule has 0 atom stereocenters. The summed E-state index contributed by atoms with van der Waals surface area (Å²) in [7, 11) is 5.93. The van der Waals surface area contributed by atoms with E-state index in [-0.39, 0.29) is 5.91 Å². The van der Waals surface area contributed by atoms with Gasteiger partial charge in [0, 0.05) is 39.1 Å². The van der Waals surface area contributed by atoms with Gasteiger partial charge in [-0.15, -0.1) is 0 Å². The zero-order valence-electron chi connectivity index (χ0n) is 14.8. The minimum atomic E-state index is -0.261. The number of anilines is 3. The summed E-state index contributed by atoms with van der Waals surface area (Å²) in [6, 6.07) is 7.64. The first-order chi connectivity index (χ1) is 11.5. The van der Waals surface area contributed by atoms with Crippen LogP contribution in [-0.4, -0.2) is 43.6 Å². The van der Waals surface area contributed by atoms with E-state index in [0.29, 0.717) is 5.69 Å². The van der Waals surface area contributed by atoms with Crippen LogP contribution in [0.2, 0.25) is 0 Å². The molecular weight excluding hydrogens is 302 g/mol. The maximum atomic E-state index is 12.2. The number of hydrogen-bond donors (Lipinski definition) is 1. The quantitative estimate of drug-likeness (QED) is 0.847. The second-order valence-electron chi connectivity index (χ2n) is 5.93. The highest BCUT2D eigenvalue weighted by atomic mass is 16.1. The number of aromatic nitrogens is 2. The molecule has 0 aliphatic rings. The van der Waals surface area contributed by atoms with Crippen LogP contribution < -0.4 is 15.1 Å². The number of carbonyl (C=O) groups is 1. The molecule has 0 saturated carbocycles. The standard InChI is InChI=1S/C18H25N5O/c1-5-6-11-23(4)17-13-19-16(12-20-17)18(24)21-14-7-9-15(10-8-14)22(2)3/h7-10,12-13H,5-6,11H2,1-4H3,(H,21,24). The predicted octanol–water partition coefficient (Wildman–Crippen LogP) is 3.03. The Morgan fingerprint density at radius 3 is 2.33 bits per heavy atom. The highest BCUT2D eigenvalue weighted by molar-refractivity contribution is 6.02. The molecule has 0 spiro atoms. The molecule has 0 aliphatic carbocycles. The lowest BCUT2D eigenvalue weighted by Gasteiger charge is -2.17. The Kier molecular flexibility index (Phi) is 6.12. The summed E-state index contributed by atoms with van der Waals surface area (Å²) in [5, 5.41) is 2.83. The lowest BCUT2D eigenvalue weighted by atomic mass is 10.2. The number of carbonyl (C=O) groups excluding carboxylic acids is 1. The van der Waals surface area contributed by atoms with Gasteiger partial charge < -0.3 is 15.1 Å². The maximum Gasteiger partial charge on any atom is 0.275 e. The lowest BCUT2D eigenvalue weighted by Crippen LogP contribution is -2.21. The van der Waals surface area contributed by atoms with Crippen molar-refractivity contribution in [3.05, 3.63) is 42.4 Å². The molecule has 2 rings (SSSR count). The Morgan fingerprint density at radius 1 is 1.08 bits per heavy atom. The van der Waals surface area contributed by atoms with Gasteiger partial charge in [-0.05, 0) is 30.7 Å². The van der Waals surface area contributed by atoms with Gasteiger partial charge in [-0.3, -0.25) is 4.79 Å². The van der Waals surface area contributed by atoms with E-state index in [9.17, 15) is 4.79 Å². The van der Waals surface area contributed by atoms with Crippen LogP contribution in [0, 0.1) is 0 Å². The van der Waals surface area contributed by atoms with Crippen LogP contribution in [-0.2, 0) is 0 Å². The van der Waals surface area contributed by atoms with Crippen LogP contribution in [0.1, 0.15) is 30.3 Å². The van der Waals surface area contributed by atoms with Crippen LogP contribution in [0.4, 0.5) is 17.2 Å². The first-order valence-electron chi connectivity index (χ1n) is 8.13. The van der Waals surface area contributed by atoms with Crippen molar-refractivity contribution in [1.29, 1.82) is 0 Å². The Labute approximate surface area is 143 Å². The molecule has 0 aliphatic heterocycles. The molecule has 1 amide bonds. The first kappa shape index (κ1) is 17.7. The smallest absolute Gasteiger partial charge is 0.275 e. The highest BCUT2D eigenvalue weighted by Crippen LogP contribution is 2.16. The van der Waals surface area contributed by atoms with Crippen molar-refractivity contribution in [2.24, 2.45) is 0 Å².